The Morgan fingerprint density at radius 1 is 0.421 bits per heavy atom. The summed E-state index contributed by atoms with van der Waals surface area (Å²) in [5.74, 6) is 0. The summed E-state index contributed by atoms with van der Waals surface area (Å²) in [5.41, 5.74) is 8.27. The Labute approximate surface area is 235 Å². The van der Waals surface area contributed by atoms with E-state index in [0.29, 0.717) is 0 Å². The first-order valence-electron chi connectivity index (χ1n) is 15.5. The Kier molecular flexibility index (Phi) is 11.7. The zero-order chi connectivity index (χ0) is 27.4. The first-order chi connectivity index (χ1) is 18.2. The van der Waals surface area contributed by atoms with Gasteiger partial charge in [-0.2, -0.15) is 0 Å². The zero-order valence-corrected chi connectivity index (χ0v) is 25.4. The van der Waals surface area contributed by atoms with Crippen LogP contribution in [0.4, 0.5) is 0 Å². The van der Waals surface area contributed by atoms with Gasteiger partial charge in [0.25, 0.3) is 0 Å². The lowest BCUT2D eigenvalue weighted by molar-refractivity contribution is 0.549. The summed E-state index contributed by atoms with van der Waals surface area (Å²) in [6, 6.07) is 27.8. The average molecular weight is 511 g/mol. The SMILES string of the molecule is CCCCCCCCCCCCCc1ccc(C(C)(C)c2ccc(C(C)(C)c3ccc(C)cc3)cc2)cc1. The number of benzene rings is 3. The van der Waals surface area contributed by atoms with Gasteiger partial charge in [0.1, 0.15) is 0 Å². The first kappa shape index (κ1) is 30.2. The van der Waals surface area contributed by atoms with Crippen molar-refractivity contribution in [2.45, 2.75) is 129 Å². The van der Waals surface area contributed by atoms with Gasteiger partial charge in [-0.05, 0) is 47.6 Å². The fourth-order valence-corrected chi connectivity index (χ4v) is 5.69. The van der Waals surface area contributed by atoms with Crippen molar-refractivity contribution in [1.29, 1.82) is 0 Å². The van der Waals surface area contributed by atoms with E-state index >= 15 is 0 Å². The summed E-state index contributed by atoms with van der Waals surface area (Å²) in [4.78, 5) is 0. The lowest BCUT2D eigenvalue weighted by Crippen LogP contribution is -2.21. The minimum Gasteiger partial charge on any atom is -0.0654 e. The Bertz CT molecular complexity index is 1050. The van der Waals surface area contributed by atoms with Crippen LogP contribution in [0.15, 0.2) is 72.8 Å². The molecule has 0 heteroatoms. The molecule has 0 spiro atoms. The number of unbranched alkanes of at least 4 members (excludes halogenated alkanes) is 10. The molecular formula is C38H54. The summed E-state index contributed by atoms with van der Waals surface area (Å²) < 4.78 is 0. The molecule has 0 aliphatic carbocycles. The van der Waals surface area contributed by atoms with E-state index < -0.39 is 0 Å². The highest BCUT2D eigenvalue weighted by Gasteiger charge is 2.26. The highest BCUT2D eigenvalue weighted by atomic mass is 14.3. The van der Waals surface area contributed by atoms with E-state index in [9.17, 15) is 0 Å². The standard InChI is InChI=1S/C38H54/c1-7-8-9-10-11-12-13-14-15-16-17-18-32-21-25-34(26-22-32)38(5,6)36-29-27-35(28-30-36)37(3,4)33-23-19-31(2)20-24-33/h19-30H,7-18H2,1-6H3. The van der Waals surface area contributed by atoms with Gasteiger partial charge in [-0.3, -0.25) is 0 Å². The molecule has 0 bridgehead atoms. The minimum atomic E-state index is -0.0123. The molecule has 0 saturated carbocycles. The molecule has 0 aliphatic rings. The fourth-order valence-electron chi connectivity index (χ4n) is 5.69. The Morgan fingerprint density at radius 2 is 0.737 bits per heavy atom. The van der Waals surface area contributed by atoms with Crippen molar-refractivity contribution in [2.24, 2.45) is 0 Å². The van der Waals surface area contributed by atoms with Crippen molar-refractivity contribution < 1.29 is 0 Å². The Morgan fingerprint density at radius 3 is 1.13 bits per heavy atom. The molecule has 0 amide bonds. The van der Waals surface area contributed by atoms with Crippen molar-refractivity contribution in [3.05, 3.63) is 106 Å². The molecule has 0 nitrogen and oxygen atoms in total. The average Bonchev–Trinajstić information content (AvgIpc) is 2.92. The highest BCUT2D eigenvalue weighted by Crippen LogP contribution is 2.36. The molecule has 0 atom stereocenters. The van der Waals surface area contributed by atoms with E-state index in [2.05, 4.69) is 114 Å². The smallest absolute Gasteiger partial charge is 0.0146 e. The van der Waals surface area contributed by atoms with Crippen molar-refractivity contribution >= 4 is 0 Å². The van der Waals surface area contributed by atoms with E-state index in [4.69, 9.17) is 0 Å². The number of aryl methyl sites for hydroxylation is 2. The molecule has 3 aromatic carbocycles. The van der Waals surface area contributed by atoms with E-state index in [1.165, 1.54) is 110 Å². The largest absolute Gasteiger partial charge is 0.0654 e. The lowest BCUT2D eigenvalue weighted by Gasteiger charge is -2.29. The van der Waals surface area contributed by atoms with Crippen LogP contribution < -0.4 is 0 Å². The predicted molar refractivity (Wildman–Crippen MR) is 168 cm³/mol. The predicted octanol–water partition coefficient (Wildman–Crippen LogP) is 11.5. The molecular weight excluding hydrogens is 456 g/mol. The van der Waals surface area contributed by atoms with Gasteiger partial charge in [0.2, 0.25) is 0 Å². The summed E-state index contributed by atoms with van der Waals surface area (Å²) in [6.07, 6.45) is 16.7. The van der Waals surface area contributed by atoms with Gasteiger partial charge in [-0.1, -0.05) is 177 Å². The molecule has 0 heterocycles. The molecule has 0 saturated heterocycles. The van der Waals surface area contributed by atoms with Gasteiger partial charge < -0.3 is 0 Å². The second-order valence-electron chi connectivity index (χ2n) is 12.7. The molecule has 0 unspecified atom stereocenters. The quantitative estimate of drug-likeness (QED) is 0.168. The van der Waals surface area contributed by atoms with Crippen LogP contribution in [-0.4, -0.2) is 0 Å². The highest BCUT2D eigenvalue weighted by molar-refractivity contribution is 5.44. The number of hydrogen-bond donors (Lipinski definition) is 0. The molecule has 38 heavy (non-hydrogen) atoms. The maximum absolute atomic E-state index is 2.36. The van der Waals surface area contributed by atoms with E-state index in [0.717, 1.165) is 0 Å². The summed E-state index contributed by atoms with van der Waals surface area (Å²) in [6.45, 7) is 13.8. The molecule has 0 aromatic heterocycles. The van der Waals surface area contributed by atoms with Gasteiger partial charge in [0.05, 0.1) is 0 Å². The molecule has 3 aromatic rings. The number of rotatable bonds is 16. The first-order valence-corrected chi connectivity index (χ1v) is 15.5. The molecule has 3 rings (SSSR count). The Hall–Kier alpha value is -2.34. The zero-order valence-electron chi connectivity index (χ0n) is 25.4. The van der Waals surface area contributed by atoms with Gasteiger partial charge in [0.15, 0.2) is 0 Å². The van der Waals surface area contributed by atoms with E-state index in [1.807, 2.05) is 0 Å². The van der Waals surface area contributed by atoms with Crippen LogP contribution in [0.1, 0.15) is 139 Å². The monoisotopic (exact) mass is 510 g/mol. The van der Waals surface area contributed by atoms with Crippen molar-refractivity contribution in [2.75, 3.05) is 0 Å². The van der Waals surface area contributed by atoms with Crippen LogP contribution >= 0.6 is 0 Å². The van der Waals surface area contributed by atoms with E-state index in [1.54, 1.807) is 0 Å². The van der Waals surface area contributed by atoms with Crippen molar-refractivity contribution in [3.8, 4) is 0 Å². The van der Waals surface area contributed by atoms with Crippen LogP contribution in [0.2, 0.25) is 0 Å². The second kappa shape index (κ2) is 14.7. The van der Waals surface area contributed by atoms with E-state index in [-0.39, 0.29) is 10.8 Å². The fraction of sp³-hybridized carbons (Fsp3) is 0.526. The number of hydrogen-bond acceptors (Lipinski definition) is 0. The van der Waals surface area contributed by atoms with Gasteiger partial charge in [-0.15, -0.1) is 0 Å². The molecule has 0 fully saturated rings. The van der Waals surface area contributed by atoms with Gasteiger partial charge >= 0.3 is 0 Å². The van der Waals surface area contributed by atoms with Gasteiger partial charge in [0, 0.05) is 10.8 Å². The molecule has 206 valence electrons. The van der Waals surface area contributed by atoms with Crippen molar-refractivity contribution in [1.82, 2.24) is 0 Å². The topological polar surface area (TPSA) is 0 Å². The lowest BCUT2D eigenvalue weighted by atomic mass is 9.74. The summed E-state index contributed by atoms with van der Waals surface area (Å²) >= 11 is 0. The van der Waals surface area contributed by atoms with Crippen LogP contribution in [0.25, 0.3) is 0 Å². The third kappa shape index (κ3) is 8.59. The summed E-state index contributed by atoms with van der Waals surface area (Å²) in [7, 11) is 0. The maximum atomic E-state index is 2.36. The van der Waals surface area contributed by atoms with Crippen LogP contribution in [0.5, 0.6) is 0 Å². The van der Waals surface area contributed by atoms with Crippen LogP contribution in [-0.2, 0) is 17.3 Å². The van der Waals surface area contributed by atoms with Crippen molar-refractivity contribution in [3.63, 3.8) is 0 Å². The molecule has 0 radical (unpaired) electrons. The third-order valence-corrected chi connectivity index (χ3v) is 8.85. The van der Waals surface area contributed by atoms with Crippen LogP contribution in [0, 0.1) is 6.92 Å². The maximum Gasteiger partial charge on any atom is 0.0146 e. The third-order valence-electron chi connectivity index (χ3n) is 8.85. The molecule has 0 aliphatic heterocycles. The van der Waals surface area contributed by atoms with Crippen LogP contribution in [0.3, 0.4) is 0 Å². The summed E-state index contributed by atoms with van der Waals surface area (Å²) in [5, 5.41) is 0. The second-order valence-corrected chi connectivity index (χ2v) is 12.7. The Balaban J connectivity index is 1.47. The van der Waals surface area contributed by atoms with Gasteiger partial charge in [-0.25, -0.2) is 0 Å². The normalized spacial score (nSPS) is 12.2. The minimum absolute atomic E-state index is 0.00767. The molecule has 0 N–H and O–H groups in total.